The smallest absolute Gasteiger partial charge is 0.306 e. The van der Waals surface area contributed by atoms with Crippen LogP contribution in [0.4, 0.5) is 0 Å². The third kappa shape index (κ3) is 67.6. The third-order valence-corrected chi connectivity index (χ3v) is 15.9. The van der Waals surface area contributed by atoms with Crippen molar-refractivity contribution in [3.05, 3.63) is 72.9 Å². The molecule has 0 aromatic rings. The predicted octanol–water partition coefficient (Wildman–Crippen LogP) is 24.8. The second-order valence-corrected chi connectivity index (χ2v) is 24.1. The van der Waals surface area contributed by atoms with Gasteiger partial charge in [-0.05, 0) is 89.9 Å². The first-order valence-corrected chi connectivity index (χ1v) is 35.9. The number of hydrogen-bond donors (Lipinski definition) is 0. The molecular formula is C76H136O6. The van der Waals surface area contributed by atoms with Crippen molar-refractivity contribution in [3.8, 4) is 0 Å². The molecule has 0 aliphatic rings. The first-order valence-electron chi connectivity index (χ1n) is 35.9. The van der Waals surface area contributed by atoms with E-state index in [2.05, 4.69) is 93.7 Å². The van der Waals surface area contributed by atoms with Crippen LogP contribution in [0.25, 0.3) is 0 Å². The maximum atomic E-state index is 12.9. The molecule has 6 heteroatoms. The monoisotopic (exact) mass is 1150 g/mol. The molecule has 1 unspecified atom stereocenters. The van der Waals surface area contributed by atoms with Crippen LogP contribution in [0.1, 0.15) is 374 Å². The second kappa shape index (κ2) is 70.3. The molecule has 0 saturated heterocycles. The maximum absolute atomic E-state index is 12.9. The molecule has 1 atom stereocenters. The van der Waals surface area contributed by atoms with E-state index < -0.39 is 6.10 Å². The molecule has 0 radical (unpaired) electrons. The van der Waals surface area contributed by atoms with E-state index in [1.54, 1.807) is 0 Å². The fraction of sp³-hybridized carbons (Fsp3) is 0.803. The summed E-state index contributed by atoms with van der Waals surface area (Å²) in [6, 6.07) is 0. The summed E-state index contributed by atoms with van der Waals surface area (Å²) < 4.78 is 17.0. The molecule has 6 nitrogen and oxygen atoms in total. The standard InChI is InChI=1S/C76H136O6/c1-4-7-10-13-16-19-22-25-28-31-32-33-34-35-36-37-38-39-40-41-42-43-44-46-48-51-54-57-60-63-66-69-75(78)81-72-73(71-80-74(77)68-65-62-59-56-53-50-47-30-27-24-21-18-15-12-9-6-3)82-76(79)70-67-64-61-58-55-52-49-45-29-26-23-20-17-14-11-8-5-2/h7,10,16,19,25-26,28-29,32-33,35-36,73H,4-6,8-9,11-15,17-18,20-24,27,30-31,34,37-72H2,1-3H3/b10-7-,19-16-,28-25-,29-26-,33-32-,36-35-. The summed E-state index contributed by atoms with van der Waals surface area (Å²) in [5, 5.41) is 0. The Bertz CT molecular complexity index is 1500. The van der Waals surface area contributed by atoms with Crippen LogP contribution in [-0.2, 0) is 28.6 Å². The van der Waals surface area contributed by atoms with Gasteiger partial charge in [-0.2, -0.15) is 0 Å². The molecule has 0 spiro atoms. The van der Waals surface area contributed by atoms with Gasteiger partial charge < -0.3 is 14.2 Å². The van der Waals surface area contributed by atoms with Crippen LogP contribution >= 0.6 is 0 Å². The zero-order valence-electron chi connectivity index (χ0n) is 54.8. The lowest BCUT2D eigenvalue weighted by Gasteiger charge is -2.18. The van der Waals surface area contributed by atoms with Gasteiger partial charge in [0, 0.05) is 19.3 Å². The lowest BCUT2D eigenvalue weighted by atomic mass is 10.0. The Hall–Kier alpha value is -3.15. The molecule has 0 saturated carbocycles. The van der Waals surface area contributed by atoms with Crippen molar-refractivity contribution in [2.75, 3.05) is 13.2 Å². The molecule has 0 aromatic carbocycles. The molecule has 0 bridgehead atoms. The highest BCUT2D eigenvalue weighted by atomic mass is 16.6. The van der Waals surface area contributed by atoms with E-state index >= 15 is 0 Å². The summed E-state index contributed by atoms with van der Waals surface area (Å²) in [4.78, 5) is 38.5. The Morgan fingerprint density at radius 1 is 0.256 bits per heavy atom. The fourth-order valence-corrected chi connectivity index (χ4v) is 10.6. The summed E-state index contributed by atoms with van der Waals surface area (Å²) in [5.41, 5.74) is 0. The Morgan fingerprint density at radius 2 is 0.476 bits per heavy atom. The van der Waals surface area contributed by atoms with Crippen molar-refractivity contribution in [2.24, 2.45) is 0 Å². The highest BCUT2D eigenvalue weighted by Crippen LogP contribution is 2.18. The molecule has 0 aliphatic heterocycles. The third-order valence-electron chi connectivity index (χ3n) is 15.9. The largest absolute Gasteiger partial charge is 0.462 e. The van der Waals surface area contributed by atoms with E-state index in [4.69, 9.17) is 14.2 Å². The molecule has 0 aliphatic carbocycles. The van der Waals surface area contributed by atoms with E-state index in [0.29, 0.717) is 19.3 Å². The molecule has 476 valence electrons. The maximum Gasteiger partial charge on any atom is 0.306 e. The molecule has 0 fully saturated rings. The van der Waals surface area contributed by atoms with Gasteiger partial charge in [0.15, 0.2) is 6.10 Å². The normalized spacial score (nSPS) is 12.5. The van der Waals surface area contributed by atoms with E-state index in [9.17, 15) is 14.4 Å². The van der Waals surface area contributed by atoms with Crippen LogP contribution in [0.2, 0.25) is 0 Å². The van der Waals surface area contributed by atoms with Crippen molar-refractivity contribution in [1.82, 2.24) is 0 Å². The number of rotatable bonds is 66. The van der Waals surface area contributed by atoms with E-state index in [0.717, 1.165) is 89.9 Å². The van der Waals surface area contributed by atoms with E-state index in [-0.39, 0.29) is 31.1 Å². The number of unbranched alkanes of at least 4 members (excludes halogenated alkanes) is 43. The van der Waals surface area contributed by atoms with Crippen molar-refractivity contribution >= 4 is 17.9 Å². The van der Waals surface area contributed by atoms with Gasteiger partial charge in [-0.3, -0.25) is 14.4 Å². The SMILES string of the molecule is CC/C=C\C/C=C\C/C=C\C/C=C\C/C=C\CCCCCCCCCCCCCCCCCC(=O)OCC(COC(=O)CCCCCCCCCCCCCCCCCC)OC(=O)CCCCCCCCC/C=C\CCCCCCCC. The number of ether oxygens (including phenoxy) is 3. The van der Waals surface area contributed by atoms with E-state index in [1.807, 2.05) is 0 Å². The summed E-state index contributed by atoms with van der Waals surface area (Å²) >= 11 is 0. The van der Waals surface area contributed by atoms with Crippen LogP contribution in [0.15, 0.2) is 72.9 Å². The van der Waals surface area contributed by atoms with Gasteiger partial charge in [-0.15, -0.1) is 0 Å². The van der Waals surface area contributed by atoms with Gasteiger partial charge in [-0.25, -0.2) is 0 Å². The highest BCUT2D eigenvalue weighted by Gasteiger charge is 2.19. The summed E-state index contributed by atoms with van der Waals surface area (Å²) in [6.45, 7) is 6.58. The summed E-state index contributed by atoms with van der Waals surface area (Å²) in [5.74, 6) is -0.851. The van der Waals surface area contributed by atoms with E-state index in [1.165, 1.54) is 244 Å². The zero-order valence-corrected chi connectivity index (χ0v) is 54.8. The minimum atomic E-state index is -0.776. The fourth-order valence-electron chi connectivity index (χ4n) is 10.6. The van der Waals surface area contributed by atoms with Crippen molar-refractivity contribution < 1.29 is 28.6 Å². The molecular weight excluding hydrogens is 1010 g/mol. The lowest BCUT2D eigenvalue weighted by Crippen LogP contribution is -2.30. The minimum Gasteiger partial charge on any atom is -0.462 e. The van der Waals surface area contributed by atoms with Crippen molar-refractivity contribution in [2.45, 2.75) is 380 Å². The van der Waals surface area contributed by atoms with Gasteiger partial charge in [0.1, 0.15) is 13.2 Å². The predicted molar refractivity (Wildman–Crippen MR) is 358 cm³/mol. The Morgan fingerprint density at radius 3 is 0.756 bits per heavy atom. The Labute approximate surface area is 510 Å². The van der Waals surface area contributed by atoms with Crippen LogP contribution in [0.3, 0.4) is 0 Å². The topological polar surface area (TPSA) is 78.9 Å². The average Bonchev–Trinajstić information content (AvgIpc) is 3.48. The number of carbonyl (C=O) groups excluding carboxylic acids is 3. The first-order chi connectivity index (χ1) is 40.5. The molecule has 0 heterocycles. The zero-order chi connectivity index (χ0) is 59.2. The Kier molecular flexibility index (Phi) is 67.6. The number of hydrogen-bond acceptors (Lipinski definition) is 6. The number of carbonyl (C=O) groups is 3. The molecule has 0 amide bonds. The number of allylic oxidation sites excluding steroid dienone is 12. The molecule has 82 heavy (non-hydrogen) atoms. The van der Waals surface area contributed by atoms with Gasteiger partial charge in [0.05, 0.1) is 0 Å². The highest BCUT2D eigenvalue weighted by molar-refractivity contribution is 5.71. The van der Waals surface area contributed by atoms with Crippen molar-refractivity contribution in [1.29, 1.82) is 0 Å². The second-order valence-electron chi connectivity index (χ2n) is 24.1. The van der Waals surface area contributed by atoms with Gasteiger partial charge in [-0.1, -0.05) is 338 Å². The molecule has 0 aromatic heterocycles. The van der Waals surface area contributed by atoms with Gasteiger partial charge >= 0.3 is 17.9 Å². The van der Waals surface area contributed by atoms with Crippen LogP contribution in [0, 0.1) is 0 Å². The summed E-state index contributed by atoms with van der Waals surface area (Å²) in [6.07, 6.45) is 92.1. The summed E-state index contributed by atoms with van der Waals surface area (Å²) in [7, 11) is 0. The quantitative estimate of drug-likeness (QED) is 0.0261. The van der Waals surface area contributed by atoms with Gasteiger partial charge in [0.2, 0.25) is 0 Å². The van der Waals surface area contributed by atoms with Crippen LogP contribution < -0.4 is 0 Å². The molecule has 0 N–H and O–H groups in total. The first kappa shape index (κ1) is 78.8. The lowest BCUT2D eigenvalue weighted by molar-refractivity contribution is -0.167. The van der Waals surface area contributed by atoms with Crippen molar-refractivity contribution in [3.63, 3.8) is 0 Å². The average molecular weight is 1150 g/mol. The molecule has 0 rings (SSSR count). The Balaban J connectivity index is 4.23. The number of esters is 3. The van der Waals surface area contributed by atoms with Gasteiger partial charge in [0.25, 0.3) is 0 Å². The van der Waals surface area contributed by atoms with Crippen LogP contribution in [-0.4, -0.2) is 37.2 Å². The van der Waals surface area contributed by atoms with Crippen LogP contribution in [0.5, 0.6) is 0 Å². The minimum absolute atomic E-state index is 0.0710.